The van der Waals surface area contributed by atoms with Crippen LogP contribution in [0.25, 0.3) is 0 Å². The molecule has 1 rings (SSSR count). The van der Waals surface area contributed by atoms with Gasteiger partial charge in [-0.1, -0.05) is 27.2 Å². The van der Waals surface area contributed by atoms with Gasteiger partial charge < -0.3 is 9.80 Å². The van der Waals surface area contributed by atoms with Gasteiger partial charge in [0.25, 0.3) is 0 Å². The second-order valence-electron chi connectivity index (χ2n) is 6.58. The SMILES string of the molecule is CCC.CCC(=O)N1CCC(N(C)CC(C)(C)C#N)CC1. The van der Waals surface area contributed by atoms with Gasteiger partial charge in [-0.3, -0.25) is 4.79 Å². The number of rotatable bonds is 4. The lowest BCUT2D eigenvalue weighted by Crippen LogP contribution is -2.47. The number of amides is 1. The molecule has 21 heavy (non-hydrogen) atoms. The standard InChI is InChI=1S/C14H25N3O.C3H8/c1-5-13(18)17-8-6-12(7-9-17)16(4)11-14(2,3)10-15;1-3-2/h12H,5-9,11H2,1-4H3;3H2,1-2H3. The lowest BCUT2D eigenvalue weighted by Gasteiger charge is -2.38. The number of likely N-dealkylation sites (tertiary alicyclic amines) is 1. The van der Waals surface area contributed by atoms with Crippen molar-refractivity contribution in [2.45, 2.75) is 66.3 Å². The van der Waals surface area contributed by atoms with Crippen LogP contribution in [-0.2, 0) is 4.79 Å². The first-order chi connectivity index (χ1) is 9.81. The van der Waals surface area contributed by atoms with E-state index in [-0.39, 0.29) is 11.3 Å². The van der Waals surface area contributed by atoms with Crippen molar-refractivity contribution >= 4 is 5.91 Å². The molecule has 1 saturated heterocycles. The highest BCUT2D eigenvalue weighted by Crippen LogP contribution is 2.21. The van der Waals surface area contributed by atoms with Crippen LogP contribution in [0.15, 0.2) is 0 Å². The number of carbonyl (C=O) groups is 1. The second kappa shape index (κ2) is 9.78. The molecule has 0 aromatic rings. The quantitative estimate of drug-likeness (QED) is 0.799. The predicted octanol–water partition coefficient (Wildman–Crippen LogP) is 3.29. The molecule has 0 aromatic carbocycles. The molecule has 4 nitrogen and oxygen atoms in total. The number of hydrogen-bond donors (Lipinski definition) is 0. The van der Waals surface area contributed by atoms with E-state index in [1.54, 1.807) is 0 Å². The molecule has 1 fully saturated rings. The Bertz CT molecular complexity index is 338. The van der Waals surface area contributed by atoms with E-state index in [0.29, 0.717) is 12.5 Å². The molecule has 1 amide bonds. The van der Waals surface area contributed by atoms with Crippen molar-refractivity contribution in [1.82, 2.24) is 9.80 Å². The third kappa shape index (κ3) is 7.47. The smallest absolute Gasteiger partial charge is 0.222 e. The summed E-state index contributed by atoms with van der Waals surface area (Å²) in [5.41, 5.74) is -0.300. The summed E-state index contributed by atoms with van der Waals surface area (Å²) in [6, 6.07) is 2.84. The molecule has 0 saturated carbocycles. The van der Waals surface area contributed by atoms with Gasteiger partial charge in [0, 0.05) is 32.1 Å². The van der Waals surface area contributed by atoms with Crippen molar-refractivity contribution < 1.29 is 4.79 Å². The van der Waals surface area contributed by atoms with Gasteiger partial charge in [-0.05, 0) is 33.7 Å². The van der Waals surface area contributed by atoms with Crippen LogP contribution in [0, 0.1) is 16.7 Å². The fourth-order valence-corrected chi connectivity index (χ4v) is 2.57. The van der Waals surface area contributed by atoms with Gasteiger partial charge in [0.05, 0.1) is 11.5 Å². The van der Waals surface area contributed by atoms with Crippen molar-refractivity contribution in [3.63, 3.8) is 0 Å². The highest BCUT2D eigenvalue weighted by Gasteiger charge is 2.28. The largest absolute Gasteiger partial charge is 0.343 e. The molecule has 0 unspecified atom stereocenters. The van der Waals surface area contributed by atoms with Gasteiger partial charge in [-0.2, -0.15) is 5.26 Å². The van der Waals surface area contributed by atoms with Crippen molar-refractivity contribution in [1.29, 1.82) is 5.26 Å². The Morgan fingerprint density at radius 2 is 1.76 bits per heavy atom. The molecule has 0 bridgehead atoms. The molecule has 0 spiro atoms. The van der Waals surface area contributed by atoms with E-state index in [0.717, 1.165) is 32.5 Å². The van der Waals surface area contributed by atoms with Gasteiger partial charge in [0.2, 0.25) is 5.91 Å². The lowest BCUT2D eigenvalue weighted by molar-refractivity contribution is -0.132. The van der Waals surface area contributed by atoms with E-state index in [4.69, 9.17) is 5.26 Å². The summed E-state index contributed by atoms with van der Waals surface area (Å²) in [6.45, 7) is 12.6. The van der Waals surface area contributed by atoms with E-state index in [2.05, 4.69) is 31.9 Å². The van der Waals surface area contributed by atoms with Crippen molar-refractivity contribution in [2.24, 2.45) is 5.41 Å². The topological polar surface area (TPSA) is 47.3 Å². The predicted molar refractivity (Wildman–Crippen MR) is 87.9 cm³/mol. The fourth-order valence-electron chi connectivity index (χ4n) is 2.57. The highest BCUT2D eigenvalue weighted by atomic mass is 16.2. The maximum atomic E-state index is 11.6. The minimum Gasteiger partial charge on any atom is -0.343 e. The fraction of sp³-hybridized carbons (Fsp3) is 0.882. The van der Waals surface area contributed by atoms with E-state index in [1.807, 2.05) is 25.7 Å². The van der Waals surface area contributed by atoms with Crippen LogP contribution in [-0.4, -0.2) is 48.4 Å². The first kappa shape index (κ1) is 19.9. The number of carbonyl (C=O) groups excluding carboxylic acids is 1. The van der Waals surface area contributed by atoms with Crippen molar-refractivity contribution in [3.05, 3.63) is 0 Å². The van der Waals surface area contributed by atoms with E-state index < -0.39 is 0 Å². The van der Waals surface area contributed by atoms with Crippen LogP contribution in [0.5, 0.6) is 0 Å². The Hall–Kier alpha value is -1.08. The Balaban J connectivity index is 0.00000122. The molecule has 1 heterocycles. The number of hydrogen-bond acceptors (Lipinski definition) is 3. The number of nitriles is 1. The third-order valence-electron chi connectivity index (χ3n) is 3.69. The monoisotopic (exact) mass is 295 g/mol. The van der Waals surface area contributed by atoms with Crippen LogP contribution in [0.2, 0.25) is 0 Å². The summed E-state index contributed by atoms with van der Waals surface area (Å²) >= 11 is 0. The molecule has 0 aliphatic carbocycles. The molecule has 0 radical (unpaired) electrons. The zero-order valence-corrected chi connectivity index (χ0v) is 14.8. The van der Waals surface area contributed by atoms with Crippen LogP contribution in [0.4, 0.5) is 0 Å². The van der Waals surface area contributed by atoms with Gasteiger partial charge in [-0.25, -0.2) is 0 Å². The summed E-state index contributed by atoms with van der Waals surface area (Å²) in [7, 11) is 2.08. The summed E-state index contributed by atoms with van der Waals surface area (Å²) in [4.78, 5) is 15.8. The molecule has 4 heteroatoms. The average Bonchev–Trinajstić information content (AvgIpc) is 2.47. The summed E-state index contributed by atoms with van der Waals surface area (Å²) in [6.07, 6.45) is 3.88. The van der Waals surface area contributed by atoms with Crippen molar-refractivity contribution in [2.75, 3.05) is 26.7 Å². The molecule has 1 aliphatic heterocycles. The van der Waals surface area contributed by atoms with Gasteiger partial charge in [0.15, 0.2) is 0 Å². The first-order valence-electron chi connectivity index (χ1n) is 8.20. The van der Waals surface area contributed by atoms with Crippen LogP contribution < -0.4 is 0 Å². The molecule has 0 aromatic heterocycles. The van der Waals surface area contributed by atoms with Crippen LogP contribution in [0.3, 0.4) is 0 Å². The maximum absolute atomic E-state index is 11.6. The Morgan fingerprint density at radius 3 is 2.14 bits per heavy atom. The Kier molecular flexibility index (Phi) is 9.28. The summed E-state index contributed by atoms with van der Waals surface area (Å²) in [5.74, 6) is 0.258. The number of piperidine rings is 1. The zero-order valence-electron chi connectivity index (χ0n) is 14.8. The van der Waals surface area contributed by atoms with E-state index >= 15 is 0 Å². The van der Waals surface area contributed by atoms with Crippen LogP contribution in [0.1, 0.15) is 60.3 Å². The Labute approximate surface area is 131 Å². The lowest BCUT2D eigenvalue weighted by atomic mass is 9.93. The van der Waals surface area contributed by atoms with Crippen LogP contribution >= 0.6 is 0 Å². The Morgan fingerprint density at radius 1 is 1.29 bits per heavy atom. The summed E-state index contributed by atoms with van der Waals surface area (Å²) < 4.78 is 0. The molecule has 0 N–H and O–H groups in total. The van der Waals surface area contributed by atoms with Gasteiger partial charge >= 0.3 is 0 Å². The van der Waals surface area contributed by atoms with Crippen molar-refractivity contribution in [3.8, 4) is 6.07 Å². The van der Waals surface area contributed by atoms with E-state index in [1.165, 1.54) is 6.42 Å². The van der Waals surface area contributed by atoms with Gasteiger partial charge in [-0.15, -0.1) is 0 Å². The molecule has 122 valence electrons. The number of nitrogens with zero attached hydrogens (tertiary/aromatic N) is 3. The third-order valence-corrected chi connectivity index (χ3v) is 3.69. The summed E-state index contributed by atoms with van der Waals surface area (Å²) in [5, 5.41) is 9.06. The first-order valence-corrected chi connectivity index (χ1v) is 8.20. The molecular formula is C17H33N3O. The molecule has 0 atom stereocenters. The maximum Gasteiger partial charge on any atom is 0.222 e. The minimum absolute atomic E-state index is 0.258. The zero-order chi connectivity index (χ0) is 16.5. The van der Waals surface area contributed by atoms with Gasteiger partial charge in [0.1, 0.15) is 0 Å². The second-order valence-corrected chi connectivity index (χ2v) is 6.58. The normalized spacial score (nSPS) is 16.2. The van der Waals surface area contributed by atoms with E-state index in [9.17, 15) is 4.79 Å². The molecular weight excluding hydrogens is 262 g/mol. The minimum atomic E-state index is -0.300. The average molecular weight is 295 g/mol. The highest BCUT2D eigenvalue weighted by molar-refractivity contribution is 5.75. The molecule has 1 aliphatic rings.